The predicted molar refractivity (Wildman–Crippen MR) is 96.1 cm³/mol. The molecule has 132 valence electrons. The summed E-state index contributed by atoms with van der Waals surface area (Å²) in [4.78, 5) is 23.4. The lowest BCUT2D eigenvalue weighted by Gasteiger charge is -2.31. The number of nitrogens with zero attached hydrogens (tertiary/aromatic N) is 6. The van der Waals surface area contributed by atoms with Crippen LogP contribution in [0.5, 0.6) is 0 Å². The lowest BCUT2D eigenvalue weighted by molar-refractivity contribution is -0.122. The highest BCUT2D eigenvalue weighted by molar-refractivity contribution is 5.94. The van der Waals surface area contributed by atoms with E-state index in [0.717, 1.165) is 22.9 Å². The first-order chi connectivity index (χ1) is 12.6. The quantitative estimate of drug-likeness (QED) is 0.771. The Morgan fingerprint density at radius 3 is 2.92 bits per heavy atom. The van der Waals surface area contributed by atoms with Crippen molar-refractivity contribution in [1.82, 2.24) is 29.6 Å². The van der Waals surface area contributed by atoms with Gasteiger partial charge in [-0.25, -0.2) is 4.98 Å². The van der Waals surface area contributed by atoms with Crippen LogP contribution in [0.3, 0.4) is 0 Å². The second-order valence-electron chi connectivity index (χ2n) is 6.34. The molecule has 8 heteroatoms. The molecule has 4 rings (SSSR count). The van der Waals surface area contributed by atoms with Crippen LogP contribution < -0.4 is 5.32 Å². The lowest BCUT2D eigenvalue weighted by atomic mass is 10.1. The molecule has 0 fully saturated rings. The second kappa shape index (κ2) is 6.64. The molecule has 1 aliphatic heterocycles. The summed E-state index contributed by atoms with van der Waals surface area (Å²) in [7, 11) is 1.91. The molecule has 3 aromatic heterocycles. The van der Waals surface area contributed by atoms with E-state index in [4.69, 9.17) is 0 Å². The van der Waals surface area contributed by atoms with Crippen molar-refractivity contribution in [3.05, 3.63) is 54.4 Å². The number of anilines is 1. The summed E-state index contributed by atoms with van der Waals surface area (Å²) in [6, 6.07) is 9.05. The fourth-order valence-electron chi connectivity index (χ4n) is 3.10. The first-order valence-corrected chi connectivity index (χ1v) is 8.39. The number of carbonyl (C=O) groups excluding carboxylic acids is 1. The number of hydrogen-bond donors (Lipinski definition) is 1. The Hall–Kier alpha value is -3.13. The third-order valence-electron chi connectivity index (χ3n) is 4.55. The van der Waals surface area contributed by atoms with Gasteiger partial charge in [-0.05, 0) is 38.2 Å². The summed E-state index contributed by atoms with van der Waals surface area (Å²) >= 11 is 0. The molecular weight excluding hydrogens is 330 g/mol. The van der Waals surface area contributed by atoms with E-state index < -0.39 is 0 Å². The maximum Gasteiger partial charge on any atom is 0.244 e. The maximum atomic E-state index is 12.8. The normalized spacial score (nSPS) is 16.9. The summed E-state index contributed by atoms with van der Waals surface area (Å²) < 4.78 is 1.99. The summed E-state index contributed by atoms with van der Waals surface area (Å²) in [6.45, 7) is 3.01. The number of hydrogen-bond acceptors (Lipinski definition) is 6. The standard InChI is InChI=1S/C18H19N7O/c1-12-22-23-17-11-24(2)15(10-25(12)17)18(26)21-16-7-3-6-14(20-16)13-5-4-8-19-9-13/h3-9,15H,10-11H2,1-2H3,(H,20,21,26). The minimum atomic E-state index is -0.305. The van der Waals surface area contributed by atoms with Crippen LogP contribution in [0.1, 0.15) is 11.6 Å². The Balaban J connectivity index is 1.53. The smallest absolute Gasteiger partial charge is 0.244 e. The summed E-state index contributed by atoms with van der Waals surface area (Å²) in [5.74, 6) is 2.13. The minimum Gasteiger partial charge on any atom is -0.312 e. The molecule has 4 heterocycles. The third-order valence-corrected chi connectivity index (χ3v) is 4.55. The van der Waals surface area contributed by atoms with E-state index in [1.165, 1.54) is 0 Å². The highest BCUT2D eigenvalue weighted by Gasteiger charge is 2.31. The molecule has 1 unspecified atom stereocenters. The second-order valence-corrected chi connectivity index (χ2v) is 6.34. The van der Waals surface area contributed by atoms with E-state index in [0.29, 0.717) is 18.9 Å². The van der Waals surface area contributed by atoms with E-state index >= 15 is 0 Å². The van der Waals surface area contributed by atoms with Gasteiger partial charge in [0.05, 0.1) is 18.8 Å². The summed E-state index contributed by atoms with van der Waals surface area (Å²) in [5, 5.41) is 11.2. The van der Waals surface area contributed by atoms with Crippen molar-refractivity contribution in [2.24, 2.45) is 0 Å². The Labute approximate surface area is 150 Å². The molecule has 1 atom stereocenters. The van der Waals surface area contributed by atoms with Gasteiger partial charge in [0.25, 0.3) is 0 Å². The highest BCUT2D eigenvalue weighted by atomic mass is 16.2. The molecule has 3 aromatic rings. The van der Waals surface area contributed by atoms with Crippen LogP contribution in [0.25, 0.3) is 11.3 Å². The third kappa shape index (κ3) is 3.06. The summed E-state index contributed by atoms with van der Waals surface area (Å²) in [6.07, 6.45) is 3.47. The Morgan fingerprint density at radius 2 is 2.12 bits per heavy atom. The monoisotopic (exact) mass is 349 g/mol. The van der Waals surface area contributed by atoms with Gasteiger partial charge < -0.3 is 9.88 Å². The molecule has 0 aromatic carbocycles. The van der Waals surface area contributed by atoms with Gasteiger partial charge in [-0.15, -0.1) is 10.2 Å². The average Bonchev–Trinajstić information content (AvgIpc) is 3.02. The number of aryl methyl sites for hydroxylation is 1. The van der Waals surface area contributed by atoms with E-state index in [1.807, 2.05) is 47.7 Å². The SMILES string of the molecule is Cc1nnc2n1CC(C(=O)Nc1cccc(-c3cccnc3)n1)N(C)C2. The van der Waals surface area contributed by atoms with E-state index in [1.54, 1.807) is 18.5 Å². The number of likely N-dealkylation sites (N-methyl/N-ethyl adjacent to an activating group) is 1. The summed E-state index contributed by atoms with van der Waals surface area (Å²) in [5.41, 5.74) is 1.67. The topological polar surface area (TPSA) is 88.8 Å². The predicted octanol–water partition coefficient (Wildman–Crippen LogP) is 1.50. The van der Waals surface area contributed by atoms with E-state index in [-0.39, 0.29) is 11.9 Å². The molecule has 0 saturated carbocycles. The van der Waals surface area contributed by atoms with Crippen molar-refractivity contribution in [2.45, 2.75) is 26.1 Å². The van der Waals surface area contributed by atoms with Crippen molar-refractivity contribution >= 4 is 11.7 Å². The highest BCUT2D eigenvalue weighted by Crippen LogP contribution is 2.20. The number of amides is 1. The zero-order valence-corrected chi connectivity index (χ0v) is 14.6. The number of aromatic nitrogens is 5. The fourth-order valence-corrected chi connectivity index (χ4v) is 3.10. The average molecular weight is 349 g/mol. The van der Waals surface area contributed by atoms with Crippen molar-refractivity contribution in [3.63, 3.8) is 0 Å². The molecule has 0 saturated heterocycles. The molecule has 0 bridgehead atoms. The van der Waals surface area contributed by atoms with Gasteiger partial charge in [-0.3, -0.25) is 14.7 Å². The molecular formula is C18H19N7O. The van der Waals surface area contributed by atoms with Crippen LogP contribution in [-0.4, -0.2) is 48.6 Å². The van der Waals surface area contributed by atoms with Crippen LogP contribution in [0.4, 0.5) is 5.82 Å². The Bertz CT molecular complexity index is 938. The van der Waals surface area contributed by atoms with Gasteiger partial charge >= 0.3 is 0 Å². The van der Waals surface area contributed by atoms with Gasteiger partial charge in [0.15, 0.2) is 0 Å². The van der Waals surface area contributed by atoms with Gasteiger partial charge in [-0.1, -0.05) is 6.07 Å². The number of rotatable bonds is 3. The fraction of sp³-hybridized carbons (Fsp3) is 0.278. The molecule has 0 spiro atoms. The first-order valence-electron chi connectivity index (χ1n) is 8.39. The molecule has 1 amide bonds. The molecule has 1 aliphatic rings. The molecule has 8 nitrogen and oxygen atoms in total. The number of nitrogens with one attached hydrogen (secondary N) is 1. The maximum absolute atomic E-state index is 12.8. The first kappa shape index (κ1) is 16.3. The zero-order chi connectivity index (χ0) is 18.1. The van der Waals surface area contributed by atoms with Crippen LogP contribution in [-0.2, 0) is 17.9 Å². The number of fused-ring (bicyclic) bond motifs is 1. The minimum absolute atomic E-state index is 0.0953. The van der Waals surface area contributed by atoms with Gasteiger partial charge in [0.2, 0.25) is 5.91 Å². The van der Waals surface area contributed by atoms with Crippen LogP contribution >= 0.6 is 0 Å². The van der Waals surface area contributed by atoms with Crippen molar-refractivity contribution in [1.29, 1.82) is 0 Å². The molecule has 1 N–H and O–H groups in total. The van der Waals surface area contributed by atoms with E-state index in [2.05, 4.69) is 25.5 Å². The Kier molecular flexibility index (Phi) is 4.18. The van der Waals surface area contributed by atoms with Gasteiger partial charge in [0, 0.05) is 18.0 Å². The van der Waals surface area contributed by atoms with Crippen molar-refractivity contribution in [3.8, 4) is 11.3 Å². The van der Waals surface area contributed by atoms with Crippen LogP contribution in [0, 0.1) is 6.92 Å². The number of carbonyl (C=O) groups is 1. The van der Waals surface area contributed by atoms with Gasteiger partial charge in [0.1, 0.15) is 23.5 Å². The van der Waals surface area contributed by atoms with Crippen LogP contribution in [0.2, 0.25) is 0 Å². The van der Waals surface area contributed by atoms with E-state index in [9.17, 15) is 4.79 Å². The largest absolute Gasteiger partial charge is 0.312 e. The van der Waals surface area contributed by atoms with Crippen LogP contribution in [0.15, 0.2) is 42.7 Å². The lowest BCUT2D eigenvalue weighted by Crippen LogP contribution is -2.48. The Morgan fingerprint density at radius 1 is 1.23 bits per heavy atom. The van der Waals surface area contributed by atoms with Crippen molar-refractivity contribution in [2.75, 3.05) is 12.4 Å². The molecule has 26 heavy (non-hydrogen) atoms. The van der Waals surface area contributed by atoms with Crippen molar-refractivity contribution < 1.29 is 4.79 Å². The zero-order valence-electron chi connectivity index (χ0n) is 14.6. The number of pyridine rings is 2. The molecule has 0 aliphatic carbocycles. The molecule has 0 radical (unpaired) electrons. The van der Waals surface area contributed by atoms with Gasteiger partial charge in [-0.2, -0.15) is 0 Å².